The summed E-state index contributed by atoms with van der Waals surface area (Å²) in [5, 5.41) is 4.40. The lowest BCUT2D eigenvalue weighted by atomic mass is 10.2. The number of methoxy groups -OCH3 is 1. The van der Waals surface area contributed by atoms with E-state index in [-0.39, 0.29) is 18.0 Å². The minimum Gasteiger partial charge on any atom is -0.496 e. The summed E-state index contributed by atoms with van der Waals surface area (Å²) in [6.45, 7) is 1.01. The van der Waals surface area contributed by atoms with Crippen LogP contribution in [-0.4, -0.2) is 33.7 Å². The van der Waals surface area contributed by atoms with Gasteiger partial charge in [-0.25, -0.2) is 4.98 Å². The Morgan fingerprint density at radius 1 is 1.07 bits per heavy atom. The van der Waals surface area contributed by atoms with Crippen molar-refractivity contribution in [2.45, 2.75) is 13.1 Å². The number of aromatic nitrogens is 3. The second-order valence-electron chi connectivity index (χ2n) is 6.45. The zero-order valence-corrected chi connectivity index (χ0v) is 15.5. The summed E-state index contributed by atoms with van der Waals surface area (Å²) in [5.41, 5.74) is 1.45. The zero-order chi connectivity index (χ0) is 19.5. The average molecular weight is 376 g/mol. The van der Waals surface area contributed by atoms with E-state index in [1.807, 2.05) is 36.5 Å². The number of benzene rings is 2. The van der Waals surface area contributed by atoms with Crippen molar-refractivity contribution in [3.05, 3.63) is 71.4 Å². The van der Waals surface area contributed by atoms with Crippen molar-refractivity contribution in [2.75, 3.05) is 13.7 Å². The van der Waals surface area contributed by atoms with Gasteiger partial charge >= 0.3 is 0 Å². The molecule has 142 valence electrons. The molecule has 0 saturated carbocycles. The van der Waals surface area contributed by atoms with Crippen LogP contribution >= 0.6 is 0 Å². The minimum atomic E-state index is -0.228. The third kappa shape index (κ3) is 3.34. The number of carbonyl (C=O) groups is 1. The Balaban J connectivity index is 1.40. The molecule has 4 rings (SSSR count). The number of hydrogen-bond acceptors (Lipinski definition) is 4. The first-order valence-corrected chi connectivity index (χ1v) is 9.00. The van der Waals surface area contributed by atoms with Gasteiger partial charge in [0.05, 0.1) is 29.9 Å². The van der Waals surface area contributed by atoms with Gasteiger partial charge in [-0.3, -0.25) is 14.2 Å². The molecule has 1 N–H and O–H groups in total. The summed E-state index contributed by atoms with van der Waals surface area (Å²) in [6, 6.07) is 15.0. The molecule has 2 aromatic heterocycles. The molecule has 28 heavy (non-hydrogen) atoms. The van der Waals surface area contributed by atoms with Crippen LogP contribution in [0, 0.1) is 0 Å². The van der Waals surface area contributed by atoms with Crippen LogP contribution in [-0.2, 0) is 17.9 Å². The molecular weight excluding hydrogens is 356 g/mol. The van der Waals surface area contributed by atoms with E-state index >= 15 is 0 Å². The number of rotatable bonds is 6. The van der Waals surface area contributed by atoms with Crippen molar-refractivity contribution in [3.63, 3.8) is 0 Å². The van der Waals surface area contributed by atoms with Gasteiger partial charge in [0.2, 0.25) is 5.91 Å². The number of para-hydroxylation sites is 1. The van der Waals surface area contributed by atoms with Crippen LogP contribution in [0.1, 0.15) is 0 Å². The molecule has 0 saturated heterocycles. The average Bonchev–Trinajstić information content (AvgIpc) is 3.13. The third-order valence-electron chi connectivity index (χ3n) is 4.71. The fraction of sp³-hybridized carbons (Fsp3) is 0.190. The Bertz CT molecular complexity index is 1210. The van der Waals surface area contributed by atoms with E-state index in [9.17, 15) is 9.59 Å². The first kappa shape index (κ1) is 17.8. The van der Waals surface area contributed by atoms with Crippen molar-refractivity contribution < 1.29 is 9.53 Å². The lowest BCUT2D eigenvalue weighted by Gasteiger charge is -2.10. The standard InChI is InChI=1S/C21H20N4O3/c1-28-19-8-4-7-18-16(19)9-11-24(18)12-10-22-20(26)13-25-14-23-17-6-3-2-5-15(17)21(25)27/h2-9,11,14H,10,12-13H2,1H3,(H,22,26). The highest BCUT2D eigenvalue weighted by Crippen LogP contribution is 2.25. The summed E-state index contributed by atoms with van der Waals surface area (Å²) < 4.78 is 8.75. The second-order valence-corrected chi connectivity index (χ2v) is 6.45. The molecule has 2 heterocycles. The van der Waals surface area contributed by atoms with Crippen molar-refractivity contribution in [2.24, 2.45) is 0 Å². The van der Waals surface area contributed by atoms with Crippen molar-refractivity contribution in [1.82, 2.24) is 19.4 Å². The summed E-state index contributed by atoms with van der Waals surface area (Å²) in [7, 11) is 1.65. The van der Waals surface area contributed by atoms with Gasteiger partial charge in [0.1, 0.15) is 12.3 Å². The van der Waals surface area contributed by atoms with Gasteiger partial charge in [-0.1, -0.05) is 18.2 Å². The maximum atomic E-state index is 12.5. The number of carbonyl (C=O) groups excluding carboxylic acids is 1. The number of fused-ring (bicyclic) bond motifs is 2. The highest BCUT2D eigenvalue weighted by molar-refractivity contribution is 5.86. The smallest absolute Gasteiger partial charge is 0.261 e. The molecule has 0 bridgehead atoms. The normalized spacial score (nSPS) is 11.0. The molecule has 7 nitrogen and oxygen atoms in total. The van der Waals surface area contributed by atoms with Gasteiger partial charge in [0.15, 0.2) is 0 Å². The summed E-state index contributed by atoms with van der Waals surface area (Å²) in [6.07, 6.45) is 3.38. The molecule has 0 aliphatic carbocycles. The minimum absolute atomic E-state index is 0.0586. The van der Waals surface area contributed by atoms with Crippen LogP contribution < -0.4 is 15.6 Å². The quantitative estimate of drug-likeness (QED) is 0.559. The molecule has 4 aromatic rings. The summed E-state index contributed by atoms with van der Waals surface area (Å²) in [4.78, 5) is 29.0. The lowest BCUT2D eigenvalue weighted by Crippen LogP contribution is -2.34. The number of nitrogens with zero attached hydrogens (tertiary/aromatic N) is 3. The van der Waals surface area contributed by atoms with Crippen molar-refractivity contribution in [1.29, 1.82) is 0 Å². The monoisotopic (exact) mass is 376 g/mol. The predicted molar refractivity (Wildman–Crippen MR) is 108 cm³/mol. The van der Waals surface area contributed by atoms with Crippen LogP contribution in [0.5, 0.6) is 5.75 Å². The largest absolute Gasteiger partial charge is 0.496 e. The maximum Gasteiger partial charge on any atom is 0.261 e. The number of ether oxygens (including phenoxy) is 1. The van der Waals surface area contributed by atoms with Gasteiger partial charge in [0, 0.05) is 24.7 Å². The van der Waals surface area contributed by atoms with Gasteiger partial charge in [0.25, 0.3) is 5.56 Å². The Labute approximate surface area is 161 Å². The van der Waals surface area contributed by atoms with Crippen LogP contribution in [0.2, 0.25) is 0 Å². The van der Waals surface area contributed by atoms with Gasteiger partial charge < -0.3 is 14.6 Å². The van der Waals surface area contributed by atoms with Gasteiger partial charge in [-0.2, -0.15) is 0 Å². The predicted octanol–water partition coefficient (Wildman–Crippen LogP) is 2.18. The van der Waals surface area contributed by atoms with Crippen LogP contribution in [0.15, 0.2) is 65.8 Å². The molecule has 0 unspecified atom stereocenters. The fourth-order valence-electron chi connectivity index (χ4n) is 3.31. The first-order chi connectivity index (χ1) is 13.7. The Kier molecular flexibility index (Phi) is 4.80. The van der Waals surface area contributed by atoms with E-state index in [2.05, 4.69) is 14.9 Å². The van der Waals surface area contributed by atoms with E-state index in [0.29, 0.717) is 24.0 Å². The number of hydrogen-bond donors (Lipinski definition) is 1. The Morgan fingerprint density at radius 2 is 1.93 bits per heavy atom. The Morgan fingerprint density at radius 3 is 2.79 bits per heavy atom. The molecule has 0 spiro atoms. The number of nitrogens with one attached hydrogen (secondary N) is 1. The lowest BCUT2D eigenvalue weighted by molar-refractivity contribution is -0.121. The Hall–Kier alpha value is -3.61. The third-order valence-corrected chi connectivity index (χ3v) is 4.71. The molecule has 0 aliphatic heterocycles. The van der Waals surface area contributed by atoms with Gasteiger partial charge in [-0.05, 0) is 30.3 Å². The maximum absolute atomic E-state index is 12.5. The molecule has 7 heteroatoms. The van der Waals surface area contributed by atoms with Crippen molar-refractivity contribution >= 4 is 27.7 Å². The van der Waals surface area contributed by atoms with E-state index < -0.39 is 0 Å². The molecule has 0 aliphatic rings. The van der Waals surface area contributed by atoms with Crippen LogP contribution in [0.25, 0.3) is 21.8 Å². The molecular formula is C21H20N4O3. The molecule has 0 atom stereocenters. The second kappa shape index (κ2) is 7.56. The molecule has 0 radical (unpaired) electrons. The fourth-order valence-corrected chi connectivity index (χ4v) is 3.31. The van der Waals surface area contributed by atoms with Crippen LogP contribution in [0.3, 0.4) is 0 Å². The first-order valence-electron chi connectivity index (χ1n) is 9.00. The molecule has 2 aromatic carbocycles. The van der Waals surface area contributed by atoms with E-state index in [0.717, 1.165) is 16.7 Å². The number of amides is 1. The SMILES string of the molecule is COc1cccc2c1ccn2CCNC(=O)Cn1cnc2ccccc2c1=O. The zero-order valence-electron chi connectivity index (χ0n) is 15.5. The summed E-state index contributed by atoms with van der Waals surface area (Å²) >= 11 is 0. The highest BCUT2D eigenvalue weighted by Gasteiger charge is 2.09. The highest BCUT2D eigenvalue weighted by atomic mass is 16.5. The van der Waals surface area contributed by atoms with Crippen molar-refractivity contribution in [3.8, 4) is 5.75 Å². The van der Waals surface area contributed by atoms with Gasteiger partial charge in [-0.15, -0.1) is 0 Å². The van der Waals surface area contributed by atoms with E-state index in [1.165, 1.54) is 10.9 Å². The molecule has 1 amide bonds. The van der Waals surface area contributed by atoms with E-state index in [1.54, 1.807) is 25.3 Å². The molecule has 0 fully saturated rings. The van der Waals surface area contributed by atoms with E-state index in [4.69, 9.17) is 4.74 Å². The topological polar surface area (TPSA) is 78.2 Å². The summed E-state index contributed by atoms with van der Waals surface area (Å²) in [5.74, 6) is 0.594. The van der Waals surface area contributed by atoms with Crippen LogP contribution in [0.4, 0.5) is 0 Å².